The summed E-state index contributed by atoms with van der Waals surface area (Å²) in [6, 6.07) is 5.20. The van der Waals surface area contributed by atoms with Crippen LogP contribution in [0.25, 0.3) is 0 Å². The second-order valence-electron chi connectivity index (χ2n) is 3.81. The summed E-state index contributed by atoms with van der Waals surface area (Å²) in [7, 11) is 1.52. The number of nitrogens with zero attached hydrogens (tertiary/aromatic N) is 1. The normalized spacial score (nSPS) is 10.0. The van der Waals surface area contributed by atoms with Gasteiger partial charge in [0, 0.05) is 6.07 Å². The zero-order chi connectivity index (χ0) is 12.1. The van der Waals surface area contributed by atoms with E-state index in [1.165, 1.54) is 7.11 Å². The molecule has 3 nitrogen and oxygen atoms in total. The standard InChI is InChI=1S/C12H14ClNO2/c1-8(2)7-16-12-10(13)4-9(6-14)5-11(12)15-3/h4-5,8H,7H2,1-3H3. The highest BCUT2D eigenvalue weighted by Crippen LogP contribution is 2.36. The Hall–Kier alpha value is -1.40. The number of halogens is 1. The van der Waals surface area contributed by atoms with E-state index in [4.69, 9.17) is 26.3 Å². The van der Waals surface area contributed by atoms with E-state index in [-0.39, 0.29) is 0 Å². The smallest absolute Gasteiger partial charge is 0.179 e. The molecule has 0 aromatic heterocycles. The lowest BCUT2D eigenvalue weighted by atomic mass is 10.2. The summed E-state index contributed by atoms with van der Waals surface area (Å²) < 4.78 is 10.7. The van der Waals surface area contributed by atoms with Gasteiger partial charge < -0.3 is 9.47 Å². The fourth-order valence-corrected chi connectivity index (χ4v) is 1.44. The van der Waals surface area contributed by atoms with Crippen molar-refractivity contribution in [3.63, 3.8) is 0 Å². The summed E-state index contributed by atoms with van der Waals surface area (Å²) in [6.45, 7) is 4.65. The minimum atomic E-state index is 0.399. The van der Waals surface area contributed by atoms with Crippen molar-refractivity contribution in [2.45, 2.75) is 13.8 Å². The third-order valence-electron chi connectivity index (χ3n) is 1.92. The third kappa shape index (κ3) is 3.04. The Balaban J connectivity index is 3.03. The predicted molar refractivity (Wildman–Crippen MR) is 63.1 cm³/mol. The first-order valence-electron chi connectivity index (χ1n) is 4.99. The Kier molecular flexibility index (Phi) is 4.45. The Bertz CT molecular complexity index is 410. The third-order valence-corrected chi connectivity index (χ3v) is 2.20. The fourth-order valence-electron chi connectivity index (χ4n) is 1.17. The number of benzene rings is 1. The molecule has 0 saturated carbocycles. The van der Waals surface area contributed by atoms with Crippen molar-refractivity contribution in [2.24, 2.45) is 5.92 Å². The number of nitriles is 1. The van der Waals surface area contributed by atoms with Crippen LogP contribution in [0.3, 0.4) is 0 Å². The highest BCUT2D eigenvalue weighted by atomic mass is 35.5. The molecule has 0 spiro atoms. The van der Waals surface area contributed by atoms with Gasteiger partial charge in [-0.15, -0.1) is 0 Å². The molecule has 0 fully saturated rings. The molecular weight excluding hydrogens is 226 g/mol. The molecule has 0 atom stereocenters. The van der Waals surface area contributed by atoms with Crippen LogP contribution in [0, 0.1) is 17.2 Å². The number of rotatable bonds is 4. The van der Waals surface area contributed by atoms with Gasteiger partial charge in [-0.25, -0.2) is 0 Å². The number of methoxy groups -OCH3 is 1. The molecule has 0 bridgehead atoms. The molecule has 0 heterocycles. The van der Waals surface area contributed by atoms with Gasteiger partial charge in [0.2, 0.25) is 0 Å². The van der Waals surface area contributed by atoms with E-state index in [2.05, 4.69) is 0 Å². The minimum Gasteiger partial charge on any atom is -0.493 e. The van der Waals surface area contributed by atoms with Crippen molar-refractivity contribution in [1.29, 1.82) is 5.26 Å². The van der Waals surface area contributed by atoms with E-state index in [0.717, 1.165) is 0 Å². The summed E-state index contributed by atoms with van der Waals surface area (Å²) in [5.74, 6) is 1.39. The largest absolute Gasteiger partial charge is 0.493 e. The SMILES string of the molecule is COc1cc(C#N)cc(Cl)c1OCC(C)C. The van der Waals surface area contributed by atoms with Crippen molar-refractivity contribution in [2.75, 3.05) is 13.7 Å². The van der Waals surface area contributed by atoms with E-state index < -0.39 is 0 Å². The van der Waals surface area contributed by atoms with Gasteiger partial charge in [0.1, 0.15) is 0 Å². The zero-order valence-corrected chi connectivity index (χ0v) is 10.3. The predicted octanol–water partition coefficient (Wildman–Crippen LogP) is 3.26. The maximum atomic E-state index is 8.79. The Morgan fingerprint density at radius 3 is 2.62 bits per heavy atom. The maximum Gasteiger partial charge on any atom is 0.179 e. The van der Waals surface area contributed by atoms with Gasteiger partial charge in [-0.3, -0.25) is 0 Å². The van der Waals surface area contributed by atoms with Crippen LogP contribution in [0.2, 0.25) is 5.02 Å². The molecule has 0 aliphatic rings. The van der Waals surface area contributed by atoms with Gasteiger partial charge in [-0.2, -0.15) is 5.26 Å². The average molecular weight is 240 g/mol. The molecule has 0 N–H and O–H groups in total. The molecule has 4 heteroatoms. The molecule has 0 saturated heterocycles. The second kappa shape index (κ2) is 5.62. The second-order valence-corrected chi connectivity index (χ2v) is 4.21. The van der Waals surface area contributed by atoms with Gasteiger partial charge in [-0.1, -0.05) is 25.4 Å². The molecule has 1 rings (SSSR count). The first-order valence-corrected chi connectivity index (χ1v) is 5.36. The van der Waals surface area contributed by atoms with E-state index >= 15 is 0 Å². The van der Waals surface area contributed by atoms with Crippen LogP contribution in [0.5, 0.6) is 11.5 Å². The highest BCUT2D eigenvalue weighted by Gasteiger charge is 2.12. The first-order chi connectivity index (χ1) is 7.58. The van der Waals surface area contributed by atoms with Crippen molar-refractivity contribution in [3.8, 4) is 17.6 Å². The van der Waals surface area contributed by atoms with Crippen molar-refractivity contribution in [3.05, 3.63) is 22.7 Å². The summed E-state index contributed by atoms with van der Waals surface area (Å²) in [5, 5.41) is 9.19. The molecule has 0 amide bonds. The lowest BCUT2D eigenvalue weighted by molar-refractivity contribution is 0.257. The number of ether oxygens (including phenoxy) is 2. The Morgan fingerprint density at radius 1 is 1.44 bits per heavy atom. The quantitative estimate of drug-likeness (QED) is 0.810. The molecule has 86 valence electrons. The van der Waals surface area contributed by atoms with Crippen LogP contribution in [0.4, 0.5) is 0 Å². The van der Waals surface area contributed by atoms with Crippen molar-refractivity contribution >= 4 is 11.6 Å². The van der Waals surface area contributed by atoms with E-state index in [0.29, 0.717) is 34.6 Å². The van der Waals surface area contributed by atoms with E-state index in [1.807, 2.05) is 19.9 Å². The summed E-state index contributed by atoms with van der Waals surface area (Å²) >= 11 is 6.02. The summed E-state index contributed by atoms with van der Waals surface area (Å²) in [5.41, 5.74) is 0.457. The monoisotopic (exact) mass is 239 g/mol. The van der Waals surface area contributed by atoms with Crippen molar-refractivity contribution < 1.29 is 9.47 Å². The topological polar surface area (TPSA) is 42.2 Å². The molecule has 0 radical (unpaired) electrons. The minimum absolute atomic E-state index is 0.399. The Morgan fingerprint density at radius 2 is 2.12 bits per heavy atom. The van der Waals surface area contributed by atoms with Crippen molar-refractivity contribution in [1.82, 2.24) is 0 Å². The van der Waals surface area contributed by atoms with Crippen LogP contribution in [0.15, 0.2) is 12.1 Å². The number of hydrogen-bond donors (Lipinski definition) is 0. The molecule has 0 unspecified atom stereocenters. The van der Waals surface area contributed by atoms with Crippen LogP contribution in [-0.2, 0) is 0 Å². The van der Waals surface area contributed by atoms with Gasteiger partial charge in [0.25, 0.3) is 0 Å². The van der Waals surface area contributed by atoms with Crippen LogP contribution in [-0.4, -0.2) is 13.7 Å². The summed E-state index contributed by atoms with van der Waals surface area (Å²) in [6.07, 6.45) is 0. The average Bonchev–Trinajstić information content (AvgIpc) is 2.26. The van der Waals surface area contributed by atoms with Gasteiger partial charge in [0.05, 0.1) is 30.4 Å². The van der Waals surface area contributed by atoms with Gasteiger partial charge in [0.15, 0.2) is 11.5 Å². The molecule has 0 aliphatic carbocycles. The van der Waals surface area contributed by atoms with Crippen LogP contribution in [0.1, 0.15) is 19.4 Å². The molecule has 0 aliphatic heterocycles. The number of hydrogen-bond acceptors (Lipinski definition) is 3. The molecule has 1 aromatic carbocycles. The molecular formula is C12H14ClNO2. The van der Waals surface area contributed by atoms with E-state index in [9.17, 15) is 0 Å². The lowest BCUT2D eigenvalue weighted by Gasteiger charge is -2.14. The van der Waals surface area contributed by atoms with E-state index in [1.54, 1.807) is 12.1 Å². The Labute approximate surface area is 101 Å². The van der Waals surface area contributed by atoms with Crippen LogP contribution < -0.4 is 9.47 Å². The summed E-state index contributed by atoms with van der Waals surface area (Å²) in [4.78, 5) is 0. The fraction of sp³-hybridized carbons (Fsp3) is 0.417. The van der Waals surface area contributed by atoms with Gasteiger partial charge >= 0.3 is 0 Å². The zero-order valence-electron chi connectivity index (χ0n) is 9.58. The molecule has 1 aromatic rings. The lowest BCUT2D eigenvalue weighted by Crippen LogP contribution is -2.06. The van der Waals surface area contributed by atoms with Crippen LogP contribution >= 0.6 is 11.6 Å². The maximum absolute atomic E-state index is 8.79. The highest BCUT2D eigenvalue weighted by molar-refractivity contribution is 6.32. The first kappa shape index (κ1) is 12.7. The molecule has 16 heavy (non-hydrogen) atoms. The van der Waals surface area contributed by atoms with Gasteiger partial charge in [-0.05, 0) is 12.0 Å².